The van der Waals surface area contributed by atoms with Crippen LogP contribution in [0.15, 0.2) is 64.2 Å². The Kier molecular flexibility index (Phi) is 9.70. The maximum absolute atomic E-state index is 13.7. The van der Waals surface area contributed by atoms with Gasteiger partial charge in [-0.05, 0) is 29.6 Å². The molecule has 230 valence electrons. The molecule has 0 bridgehead atoms. The first kappa shape index (κ1) is 30.9. The van der Waals surface area contributed by atoms with Gasteiger partial charge in [0.05, 0.1) is 57.4 Å². The summed E-state index contributed by atoms with van der Waals surface area (Å²) in [6.07, 6.45) is 0.535. The third-order valence-corrected chi connectivity index (χ3v) is 8.96. The molecule has 2 aromatic carbocycles. The minimum Gasteiger partial charge on any atom is -0.497 e. The minimum atomic E-state index is -0.370. The predicted molar refractivity (Wildman–Crippen MR) is 167 cm³/mol. The Labute approximate surface area is 263 Å². The first-order chi connectivity index (χ1) is 21.4. The van der Waals surface area contributed by atoms with E-state index in [1.165, 1.54) is 31.0 Å². The fourth-order valence-electron chi connectivity index (χ4n) is 4.77. The van der Waals surface area contributed by atoms with Crippen molar-refractivity contribution in [2.45, 2.75) is 24.2 Å². The number of hydrogen-bond donors (Lipinski definition) is 1. The Morgan fingerprint density at radius 2 is 1.77 bits per heavy atom. The number of hydrazone groups is 1. The van der Waals surface area contributed by atoms with Crippen molar-refractivity contribution in [3.05, 3.63) is 75.7 Å². The number of nitrogens with one attached hydrogen (secondary N) is 1. The number of amides is 2. The molecule has 12 nitrogen and oxygen atoms in total. The summed E-state index contributed by atoms with van der Waals surface area (Å²) >= 11 is 2.83. The lowest BCUT2D eigenvalue weighted by Crippen LogP contribution is -2.29. The van der Waals surface area contributed by atoms with Gasteiger partial charge in [0.1, 0.15) is 11.5 Å². The van der Waals surface area contributed by atoms with E-state index in [0.717, 1.165) is 16.2 Å². The lowest BCUT2D eigenvalue weighted by atomic mass is 9.99. The number of hydrogen-bond acceptors (Lipinski definition) is 11. The quantitative estimate of drug-likeness (QED) is 0.226. The highest BCUT2D eigenvalue weighted by Gasteiger charge is 2.36. The van der Waals surface area contributed by atoms with Gasteiger partial charge in [0.2, 0.25) is 0 Å². The molecule has 0 aliphatic carbocycles. The van der Waals surface area contributed by atoms with Gasteiger partial charge in [0.15, 0.2) is 22.5 Å². The number of benzene rings is 2. The van der Waals surface area contributed by atoms with Crippen molar-refractivity contribution in [1.82, 2.24) is 25.1 Å². The van der Waals surface area contributed by atoms with E-state index in [1.54, 1.807) is 55.4 Å². The number of carbonyl (C=O) groups is 2. The summed E-state index contributed by atoms with van der Waals surface area (Å²) in [6.45, 7) is 0.134. The molecule has 3 heterocycles. The van der Waals surface area contributed by atoms with Crippen molar-refractivity contribution in [2.24, 2.45) is 12.1 Å². The molecular formula is C30H32N6O6S2. The normalized spacial score (nSPS) is 14.2. The number of methoxy groups -OCH3 is 4. The minimum absolute atomic E-state index is 0.0753. The van der Waals surface area contributed by atoms with Crippen molar-refractivity contribution < 1.29 is 28.5 Å². The molecule has 0 fully saturated rings. The van der Waals surface area contributed by atoms with E-state index in [1.807, 2.05) is 35.7 Å². The number of ether oxygens (including phenoxy) is 4. The van der Waals surface area contributed by atoms with Crippen LogP contribution in [-0.4, -0.2) is 71.5 Å². The first-order valence-electron chi connectivity index (χ1n) is 13.5. The van der Waals surface area contributed by atoms with E-state index >= 15 is 0 Å². The Balaban J connectivity index is 1.28. The molecule has 0 saturated heterocycles. The van der Waals surface area contributed by atoms with Crippen LogP contribution < -0.4 is 24.3 Å². The van der Waals surface area contributed by atoms with E-state index in [0.29, 0.717) is 46.0 Å². The van der Waals surface area contributed by atoms with Gasteiger partial charge in [-0.3, -0.25) is 9.59 Å². The summed E-state index contributed by atoms with van der Waals surface area (Å²) in [5.41, 5.74) is 2.03. The van der Waals surface area contributed by atoms with Crippen LogP contribution in [0.3, 0.4) is 0 Å². The fourth-order valence-corrected chi connectivity index (χ4v) is 6.27. The highest BCUT2D eigenvalue weighted by molar-refractivity contribution is 7.99. The third-order valence-electron chi connectivity index (χ3n) is 7.03. The number of para-hydroxylation sites is 1. The average Bonchev–Trinajstić information content (AvgIpc) is 3.82. The molecule has 2 aromatic heterocycles. The third kappa shape index (κ3) is 6.50. The van der Waals surface area contributed by atoms with Crippen molar-refractivity contribution in [1.29, 1.82) is 0 Å². The second kappa shape index (κ2) is 13.8. The van der Waals surface area contributed by atoms with E-state index in [9.17, 15) is 9.59 Å². The highest BCUT2D eigenvalue weighted by atomic mass is 32.2. The Bertz CT molecular complexity index is 1650. The molecule has 1 atom stereocenters. The smallest absolute Gasteiger partial charge is 0.253 e. The Morgan fingerprint density at radius 1 is 1.00 bits per heavy atom. The van der Waals surface area contributed by atoms with Gasteiger partial charge >= 0.3 is 0 Å². The van der Waals surface area contributed by atoms with E-state index < -0.39 is 0 Å². The molecule has 14 heteroatoms. The molecule has 2 amide bonds. The molecule has 44 heavy (non-hydrogen) atoms. The first-order valence-corrected chi connectivity index (χ1v) is 15.4. The SMILES string of the molecule is COc1cc(OC)cc(C(=O)NCc2nnc(SCC(=O)N3N=C(c4cccs4)CC3c3cccc(OC)c3OC)n2C)c1. The molecule has 1 aliphatic rings. The molecule has 1 N–H and O–H groups in total. The van der Waals surface area contributed by atoms with E-state index in [-0.39, 0.29) is 30.2 Å². The van der Waals surface area contributed by atoms with Gasteiger partial charge in [-0.25, -0.2) is 5.01 Å². The summed E-state index contributed by atoms with van der Waals surface area (Å²) in [4.78, 5) is 27.5. The Morgan fingerprint density at radius 3 is 2.43 bits per heavy atom. The molecular weight excluding hydrogens is 605 g/mol. The molecule has 0 saturated carbocycles. The molecule has 4 aromatic rings. The van der Waals surface area contributed by atoms with Gasteiger partial charge in [-0.15, -0.1) is 21.5 Å². The van der Waals surface area contributed by atoms with Crippen LogP contribution in [0.5, 0.6) is 23.0 Å². The van der Waals surface area contributed by atoms with Crippen LogP contribution in [0.4, 0.5) is 0 Å². The predicted octanol–water partition coefficient (Wildman–Crippen LogP) is 4.31. The molecule has 5 rings (SSSR count). The zero-order valence-electron chi connectivity index (χ0n) is 24.9. The van der Waals surface area contributed by atoms with E-state index in [4.69, 9.17) is 24.0 Å². The summed E-state index contributed by atoms with van der Waals surface area (Å²) in [5, 5.41) is 20.1. The van der Waals surface area contributed by atoms with Crippen LogP contribution in [0.25, 0.3) is 0 Å². The lowest BCUT2D eigenvalue weighted by molar-refractivity contribution is -0.130. The largest absolute Gasteiger partial charge is 0.497 e. The number of nitrogens with zero attached hydrogens (tertiary/aromatic N) is 5. The van der Waals surface area contributed by atoms with Crippen LogP contribution >= 0.6 is 23.1 Å². The molecule has 0 spiro atoms. The second-order valence-corrected chi connectivity index (χ2v) is 11.5. The molecule has 0 radical (unpaired) electrons. The Hall–Kier alpha value is -4.56. The average molecular weight is 637 g/mol. The monoisotopic (exact) mass is 636 g/mol. The second-order valence-electron chi connectivity index (χ2n) is 9.60. The van der Waals surface area contributed by atoms with Crippen molar-refractivity contribution >= 4 is 40.6 Å². The van der Waals surface area contributed by atoms with Gasteiger partial charge in [-0.1, -0.05) is 30.0 Å². The number of carbonyl (C=O) groups excluding carboxylic acids is 2. The van der Waals surface area contributed by atoms with Crippen LogP contribution in [0.1, 0.15) is 39.1 Å². The van der Waals surface area contributed by atoms with Gasteiger partial charge in [-0.2, -0.15) is 5.10 Å². The summed E-state index contributed by atoms with van der Waals surface area (Å²) < 4.78 is 23.5. The van der Waals surface area contributed by atoms with Crippen molar-refractivity contribution in [3.8, 4) is 23.0 Å². The van der Waals surface area contributed by atoms with Crippen LogP contribution in [-0.2, 0) is 18.4 Å². The van der Waals surface area contributed by atoms with Crippen molar-refractivity contribution in [2.75, 3.05) is 34.2 Å². The van der Waals surface area contributed by atoms with Crippen LogP contribution in [0.2, 0.25) is 0 Å². The fraction of sp³-hybridized carbons (Fsp3) is 0.300. The highest BCUT2D eigenvalue weighted by Crippen LogP contribution is 2.42. The van der Waals surface area contributed by atoms with Gasteiger partial charge in [0.25, 0.3) is 11.8 Å². The lowest BCUT2D eigenvalue weighted by Gasteiger charge is -2.24. The van der Waals surface area contributed by atoms with Gasteiger partial charge in [0, 0.05) is 30.7 Å². The summed E-state index contributed by atoms with van der Waals surface area (Å²) in [6, 6.07) is 14.2. The topological polar surface area (TPSA) is 129 Å². The standard InChI is InChI=1S/C30H32N6O6S2/c1-35-26(16-31-29(38)18-12-19(39-2)14-20(13-18)40-3)32-33-30(35)44-17-27(37)36-23(15-22(34-36)25-10-7-11-43-25)21-8-6-9-24(41-4)28(21)42-5/h6-14,23H,15-17H2,1-5H3,(H,31,38). The number of thiophene rings is 1. The zero-order chi connectivity index (χ0) is 31.2. The number of thioether (sulfide) groups is 1. The maximum Gasteiger partial charge on any atom is 0.253 e. The van der Waals surface area contributed by atoms with E-state index in [2.05, 4.69) is 15.5 Å². The van der Waals surface area contributed by atoms with Gasteiger partial charge < -0.3 is 28.8 Å². The zero-order valence-corrected chi connectivity index (χ0v) is 26.5. The number of aromatic nitrogens is 3. The molecule has 1 aliphatic heterocycles. The maximum atomic E-state index is 13.7. The summed E-state index contributed by atoms with van der Waals surface area (Å²) in [7, 11) is 8.00. The molecule has 1 unspecified atom stereocenters. The number of rotatable bonds is 12. The van der Waals surface area contributed by atoms with Crippen molar-refractivity contribution in [3.63, 3.8) is 0 Å². The van der Waals surface area contributed by atoms with Crippen LogP contribution in [0, 0.1) is 0 Å². The summed E-state index contributed by atoms with van der Waals surface area (Å²) in [5.74, 6) is 2.26.